The molecule has 2 rings (SSSR count). The first-order valence-electron chi connectivity index (χ1n) is 6.77. The topological polar surface area (TPSA) is 39.1 Å². The van der Waals surface area contributed by atoms with Crippen LogP contribution in [0.15, 0.2) is 42.7 Å². The molecule has 4 nitrogen and oxygen atoms in total. The molecule has 102 valence electrons. The summed E-state index contributed by atoms with van der Waals surface area (Å²) in [6, 6.07) is 10.4. The summed E-state index contributed by atoms with van der Waals surface area (Å²) in [4.78, 5) is 0. The number of nitrogens with zero attached hydrogens (tertiary/aromatic N) is 2. The molecule has 0 unspecified atom stereocenters. The molecule has 0 saturated carbocycles. The Kier molecular flexibility index (Phi) is 5.59. The van der Waals surface area contributed by atoms with Crippen molar-refractivity contribution >= 4 is 0 Å². The minimum absolute atomic E-state index is 0.800. The number of benzene rings is 1. The van der Waals surface area contributed by atoms with E-state index < -0.39 is 0 Å². The Morgan fingerprint density at radius 2 is 2.11 bits per heavy atom. The highest BCUT2D eigenvalue weighted by molar-refractivity contribution is 5.33. The lowest BCUT2D eigenvalue weighted by Gasteiger charge is -2.06. The van der Waals surface area contributed by atoms with Gasteiger partial charge in [0.25, 0.3) is 0 Å². The van der Waals surface area contributed by atoms with Crippen LogP contribution in [-0.2, 0) is 11.3 Å². The van der Waals surface area contributed by atoms with Crippen LogP contribution >= 0.6 is 0 Å². The van der Waals surface area contributed by atoms with Crippen molar-refractivity contribution < 1.29 is 4.74 Å². The molecule has 2 aromatic rings. The van der Waals surface area contributed by atoms with E-state index in [2.05, 4.69) is 34.7 Å². The van der Waals surface area contributed by atoms with E-state index in [-0.39, 0.29) is 0 Å². The zero-order valence-corrected chi connectivity index (χ0v) is 11.4. The van der Waals surface area contributed by atoms with Gasteiger partial charge in [0.2, 0.25) is 0 Å². The van der Waals surface area contributed by atoms with Crippen LogP contribution in [0.3, 0.4) is 0 Å². The maximum absolute atomic E-state index is 5.29. The van der Waals surface area contributed by atoms with Crippen LogP contribution in [0.1, 0.15) is 18.9 Å². The fourth-order valence-electron chi connectivity index (χ4n) is 1.86. The van der Waals surface area contributed by atoms with Gasteiger partial charge in [-0.2, -0.15) is 5.10 Å². The lowest BCUT2D eigenvalue weighted by molar-refractivity contribution is 0.144. The smallest absolute Gasteiger partial charge is 0.0645 e. The summed E-state index contributed by atoms with van der Waals surface area (Å²) in [5.74, 6) is 0. The van der Waals surface area contributed by atoms with Crippen molar-refractivity contribution in [1.82, 2.24) is 15.1 Å². The molecule has 0 aliphatic heterocycles. The maximum atomic E-state index is 5.29. The van der Waals surface area contributed by atoms with E-state index in [1.54, 1.807) is 6.20 Å². The lowest BCUT2D eigenvalue weighted by Crippen LogP contribution is -2.16. The highest BCUT2D eigenvalue weighted by atomic mass is 16.5. The van der Waals surface area contributed by atoms with E-state index in [9.17, 15) is 0 Å². The van der Waals surface area contributed by atoms with Gasteiger partial charge in [0.05, 0.1) is 5.69 Å². The fourth-order valence-corrected chi connectivity index (χ4v) is 1.86. The Morgan fingerprint density at radius 3 is 2.79 bits per heavy atom. The molecule has 0 spiro atoms. The Bertz CT molecular complexity index is 451. The number of hydrogen-bond acceptors (Lipinski definition) is 3. The van der Waals surface area contributed by atoms with Gasteiger partial charge in [0.15, 0.2) is 0 Å². The van der Waals surface area contributed by atoms with Crippen molar-refractivity contribution in [3.8, 4) is 5.69 Å². The van der Waals surface area contributed by atoms with Gasteiger partial charge < -0.3 is 10.1 Å². The minimum atomic E-state index is 0.800. The highest BCUT2D eigenvalue weighted by Crippen LogP contribution is 2.08. The van der Waals surface area contributed by atoms with Gasteiger partial charge in [-0.05, 0) is 43.7 Å². The first kappa shape index (κ1) is 13.8. The molecule has 0 aliphatic carbocycles. The Morgan fingerprint density at radius 1 is 1.26 bits per heavy atom. The molecule has 0 fully saturated rings. The van der Waals surface area contributed by atoms with E-state index in [1.165, 1.54) is 5.56 Å². The molecule has 0 amide bonds. The molecule has 0 radical (unpaired) electrons. The van der Waals surface area contributed by atoms with Gasteiger partial charge in [0, 0.05) is 32.2 Å². The predicted octanol–water partition coefficient (Wildman–Crippen LogP) is 2.39. The van der Waals surface area contributed by atoms with Crippen LogP contribution in [0.4, 0.5) is 0 Å². The molecule has 0 bridgehead atoms. The van der Waals surface area contributed by atoms with Crippen molar-refractivity contribution in [2.24, 2.45) is 0 Å². The minimum Gasteiger partial charge on any atom is -0.382 e. The predicted molar refractivity (Wildman–Crippen MR) is 76.4 cm³/mol. The van der Waals surface area contributed by atoms with E-state index in [0.29, 0.717) is 0 Å². The summed E-state index contributed by atoms with van der Waals surface area (Å²) in [6.07, 6.45) is 4.79. The molecule has 0 saturated heterocycles. The zero-order valence-electron chi connectivity index (χ0n) is 11.4. The van der Waals surface area contributed by atoms with E-state index in [4.69, 9.17) is 4.74 Å². The average molecular weight is 259 g/mol. The van der Waals surface area contributed by atoms with Crippen molar-refractivity contribution in [2.45, 2.75) is 19.9 Å². The summed E-state index contributed by atoms with van der Waals surface area (Å²) in [5, 5.41) is 7.62. The number of rotatable bonds is 8. The van der Waals surface area contributed by atoms with Crippen LogP contribution in [0.25, 0.3) is 5.69 Å². The first-order chi connectivity index (χ1) is 9.40. The molecule has 4 heteroatoms. The van der Waals surface area contributed by atoms with Crippen LogP contribution in [0.2, 0.25) is 0 Å². The van der Waals surface area contributed by atoms with Crippen LogP contribution in [0, 0.1) is 0 Å². The quantitative estimate of drug-likeness (QED) is 0.740. The monoisotopic (exact) mass is 259 g/mol. The fraction of sp³-hybridized carbons (Fsp3) is 0.400. The number of ether oxygens (including phenoxy) is 1. The third-order valence-electron chi connectivity index (χ3n) is 2.88. The van der Waals surface area contributed by atoms with Crippen LogP contribution in [-0.4, -0.2) is 29.5 Å². The van der Waals surface area contributed by atoms with E-state index in [0.717, 1.165) is 38.4 Å². The van der Waals surface area contributed by atoms with Gasteiger partial charge in [-0.3, -0.25) is 0 Å². The summed E-state index contributed by atoms with van der Waals surface area (Å²) < 4.78 is 7.15. The third kappa shape index (κ3) is 4.50. The maximum Gasteiger partial charge on any atom is 0.0645 e. The normalized spacial score (nSPS) is 10.8. The Labute approximate surface area is 114 Å². The lowest BCUT2D eigenvalue weighted by atomic mass is 10.2. The van der Waals surface area contributed by atoms with Gasteiger partial charge >= 0.3 is 0 Å². The van der Waals surface area contributed by atoms with Crippen molar-refractivity contribution in [2.75, 3.05) is 19.8 Å². The van der Waals surface area contributed by atoms with Crippen molar-refractivity contribution in [3.05, 3.63) is 48.3 Å². The molecule has 1 aromatic carbocycles. The number of aromatic nitrogens is 2. The van der Waals surface area contributed by atoms with E-state index >= 15 is 0 Å². The van der Waals surface area contributed by atoms with Crippen LogP contribution < -0.4 is 5.32 Å². The van der Waals surface area contributed by atoms with Crippen molar-refractivity contribution in [1.29, 1.82) is 0 Å². The zero-order chi connectivity index (χ0) is 13.3. The summed E-state index contributed by atoms with van der Waals surface area (Å²) in [6.45, 7) is 5.54. The highest BCUT2D eigenvalue weighted by Gasteiger charge is 1.97. The second-order valence-electron chi connectivity index (χ2n) is 4.34. The van der Waals surface area contributed by atoms with Gasteiger partial charge in [-0.25, -0.2) is 4.68 Å². The molecule has 1 aromatic heterocycles. The summed E-state index contributed by atoms with van der Waals surface area (Å²) in [7, 11) is 0. The number of hydrogen-bond donors (Lipinski definition) is 1. The molecular formula is C15H21N3O. The Balaban J connectivity index is 1.73. The first-order valence-corrected chi connectivity index (χ1v) is 6.77. The summed E-state index contributed by atoms with van der Waals surface area (Å²) >= 11 is 0. The summed E-state index contributed by atoms with van der Waals surface area (Å²) in [5.41, 5.74) is 2.37. The van der Waals surface area contributed by atoms with E-state index in [1.807, 2.05) is 23.9 Å². The van der Waals surface area contributed by atoms with Gasteiger partial charge in [0.1, 0.15) is 0 Å². The molecule has 19 heavy (non-hydrogen) atoms. The molecule has 0 aliphatic rings. The Hall–Kier alpha value is -1.65. The molecule has 1 N–H and O–H groups in total. The molecular weight excluding hydrogens is 238 g/mol. The average Bonchev–Trinajstić information content (AvgIpc) is 2.97. The largest absolute Gasteiger partial charge is 0.382 e. The third-order valence-corrected chi connectivity index (χ3v) is 2.88. The van der Waals surface area contributed by atoms with Crippen molar-refractivity contribution in [3.63, 3.8) is 0 Å². The van der Waals surface area contributed by atoms with Gasteiger partial charge in [-0.1, -0.05) is 12.1 Å². The standard InChI is InChI=1S/C15H21N3O/c1-2-19-12-4-9-16-13-14-5-7-15(8-6-14)18-11-3-10-17-18/h3,5-8,10-11,16H,2,4,9,12-13H2,1H3. The van der Waals surface area contributed by atoms with Crippen LogP contribution in [0.5, 0.6) is 0 Å². The molecule has 1 heterocycles. The number of nitrogens with one attached hydrogen (secondary N) is 1. The SMILES string of the molecule is CCOCCCNCc1ccc(-n2cccn2)cc1. The second kappa shape index (κ2) is 7.71. The molecule has 0 atom stereocenters. The van der Waals surface area contributed by atoms with Gasteiger partial charge in [-0.15, -0.1) is 0 Å². The second-order valence-corrected chi connectivity index (χ2v) is 4.34.